The van der Waals surface area contributed by atoms with Crippen molar-refractivity contribution in [2.75, 3.05) is 5.32 Å². The lowest BCUT2D eigenvalue weighted by Gasteiger charge is -2.19. The maximum atomic E-state index is 12.7. The zero-order valence-electron chi connectivity index (χ0n) is 15.0. The molecular weight excluding hydrogens is 383 g/mol. The van der Waals surface area contributed by atoms with Crippen LogP contribution in [0.4, 0.5) is 23.7 Å². The Balaban J connectivity index is 2.02. The number of halogens is 4. The van der Waals surface area contributed by atoms with Crippen LogP contribution in [0.2, 0.25) is 5.02 Å². The maximum Gasteiger partial charge on any atom is 0.416 e. The van der Waals surface area contributed by atoms with Crippen molar-refractivity contribution in [3.8, 4) is 5.75 Å². The first-order valence-corrected chi connectivity index (χ1v) is 8.40. The number of anilines is 1. The van der Waals surface area contributed by atoms with E-state index in [0.717, 1.165) is 12.1 Å². The molecule has 0 saturated heterocycles. The molecular formula is C19H19ClF3NO3. The van der Waals surface area contributed by atoms with Gasteiger partial charge in [-0.05, 0) is 56.7 Å². The lowest BCUT2D eigenvalue weighted by atomic mass is 10.2. The number of rotatable bonds is 4. The van der Waals surface area contributed by atoms with Crippen molar-refractivity contribution in [1.82, 2.24) is 0 Å². The lowest BCUT2D eigenvalue weighted by Crippen LogP contribution is -2.27. The van der Waals surface area contributed by atoms with Crippen LogP contribution in [-0.4, -0.2) is 11.7 Å². The summed E-state index contributed by atoms with van der Waals surface area (Å²) in [6, 6.07) is 9.70. The second-order valence-electron chi connectivity index (χ2n) is 6.76. The molecule has 0 radical (unpaired) electrons. The summed E-state index contributed by atoms with van der Waals surface area (Å²) in [6.45, 7) is 5.33. The van der Waals surface area contributed by atoms with Crippen molar-refractivity contribution in [2.45, 2.75) is 39.2 Å². The molecule has 0 aliphatic heterocycles. The van der Waals surface area contributed by atoms with Crippen LogP contribution in [0.5, 0.6) is 5.75 Å². The summed E-state index contributed by atoms with van der Waals surface area (Å²) in [4.78, 5) is 11.8. The van der Waals surface area contributed by atoms with Gasteiger partial charge in [-0.15, -0.1) is 0 Å². The van der Waals surface area contributed by atoms with Gasteiger partial charge < -0.3 is 9.47 Å². The van der Waals surface area contributed by atoms with Gasteiger partial charge >= 0.3 is 12.3 Å². The van der Waals surface area contributed by atoms with Crippen molar-refractivity contribution >= 4 is 23.4 Å². The van der Waals surface area contributed by atoms with E-state index in [1.54, 1.807) is 45.0 Å². The minimum atomic E-state index is -4.47. The molecule has 0 unspecified atom stereocenters. The van der Waals surface area contributed by atoms with E-state index >= 15 is 0 Å². The fourth-order valence-electron chi connectivity index (χ4n) is 2.12. The molecule has 2 aromatic carbocycles. The molecule has 0 aliphatic rings. The largest absolute Gasteiger partial charge is 0.487 e. The Hall–Kier alpha value is -2.41. The fraction of sp³-hybridized carbons (Fsp3) is 0.316. The molecule has 2 rings (SSSR count). The molecule has 146 valence electrons. The fourth-order valence-corrected chi connectivity index (χ4v) is 2.35. The number of alkyl halides is 3. The number of hydrogen-bond acceptors (Lipinski definition) is 3. The summed E-state index contributed by atoms with van der Waals surface area (Å²) < 4.78 is 48.6. The lowest BCUT2D eigenvalue weighted by molar-refractivity contribution is -0.137. The Bertz CT molecular complexity index is 817. The van der Waals surface area contributed by atoms with Crippen molar-refractivity contribution < 1.29 is 27.4 Å². The van der Waals surface area contributed by atoms with E-state index in [0.29, 0.717) is 11.3 Å². The van der Waals surface area contributed by atoms with Gasteiger partial charge in [0.1, 0.15) is 18.0 Å². The summed E-state index contributed by atoms with van der Waals surface area (Å²) >= 11 is 5.86. The summed E-state index contributed by atoms with van der Waals surface area (Å²) in [6.07, 6.45) is -5.06. The molecule has 8 heteroatoms. The predicted octanol–water partition coefficient (Wildman–Crippen LogP) is 6.28. The first kappa shape index (κ1) is 20.9. The monoisotopic (exact) mass is 401 g/mol. The van der Waals surface area contributed by atoms with Crippen LogP contribution in [0.15, 0.2) is 42.5 Å². The molecule has 4 nitrogen and oxygen atoms in total. The van der Waals surface area contributed by atoms with Crippen LogP contribution in [0.25, 0.3) is 0 Å². The van der Waals surface area contributed by atoms with Crippen LogP contribution in [0.3, 0.4) is 0 Å². The first-order valence-electron chi connectivity index (χ1n) is 8.02. The summed E-state index contributed by atoms with van der Waals surface area (Å²) in [7, 11) is 0. The predicted molar refractivity (Wildman–Crippen MR) is 97.1 cm³/mol. The van der Waals surface area contributed by atoms with Crippen LogP contribution in [0, 0.1) is 0 Å². The molecule has 0 fully saturated rings. The van der Waals surface area contributed by atoms with Gasteiger partial charge in [-0.25, -0.2) is 4.79 Å². The highest BCUT2D eigenvalue weighted by Gasteiger charge is 2.31. The van der Waals surface area contributed by atoms with E-state index in [1.165, 1.54) is 6.07 Å². The maximum absolute atomic E-state index is 12.7. The average molecular weight is 402 g/mol. The Morgan fingerprint density at radius 1 is 1.11 bits per heavy atom. The zero-order valence-corrected chi connectivity index (χ0v) is 15.7. The molecule has 1 amide bonds. The number of ether oxygens (including phenoxy) is 2. The third-order valence-corrected chi connectivity index (χ3v) is 3.52. The van der Waals surface area contributed by atoms with Crippen LogP contribution in [-0.2, 0) is 17.5 Å². The van der Waals surface area contributed by atoms with Gasteiger partial charge in [0.15, 0.2) is 0 Å². The highest BCUT2D eigenvalue weighted by molar-refractivity contribution is 6.32. The second kappa shape index (κ2) is 8.08. The van der Waals surface area contributed by atoms with Gasteiger partial charge in [-0.2, -0.15) is 13.2 Å². The van der Waals surface area contributed by atoms with E-state index in [-0.39, 0.29) is 17.4 Å². The first-order chi connectivity index (χ1) is 12.4. The molecule has 27 heavy (non-hydrogen) atoms. The molecule has 0 saturated carbocycles. The highest BCUT2D eigenvalue weighted by atomic mass is 35.5. The quantitative estimate of drug-likeness (QED) is 0.655. The topological polar surface area (TPSA) is 47.6 Å². The molecule has 0 heterocycles. The van der Waals surface area contributed by atoms with Gasteiger partial charge in [0.05, 0.1) is 10.6 Å². The smallest absolute Gasteiger partial charge is 0.416 e. The molecule has 0 aromatic heterocycles. The van der Waals surface area contributed by atoms with Gasteiger partial charge in [-0.1, -0.05) is 23.7 Å². The number of hydrogen-bond donors (Lipinski definition) is 1. The van der Waals surface area contributed by atoms with E-state index in [9.17, 15) is 18.0 Å². The number of nitrogens with one attached hydrogen (secondary N) is 1. The van der Waals surface area contributed by atoms with Gasteiger partial charge in [0.2, 0.25) is 0 Å². The molecule has 0 spiro atoms. The van der Waals surface area contributed by atoms with E-state index in [1.807, 2.05) is 0 Å². The van der Waals surface area contributed by atoms with Crippen molar-refractivity contribution in [3.63, 3.8) is 0 Å². The molecule has 0 atom stereocenters. The standard InChI is InChI=1S/C19H19ClF3NO3/c1-18(2,3)27-17(25)24-14-6-4-5-12(9-14)11-26-16-8-7-13(10-15(16)20)19(21,22)23/h4-10H,11H2,1-3H3,(H,24,25). The summed E-state index contributed by atoms with van der Waals surface area (Å²) in [5.41, 5.74) is -0.267. The van der Waals surface area contributed by atoms with Crippen LogP contribution >= 0.6 is 11.6 Å². The molecule has 2 aromatic rings. The Labute approximate surface area is 160 Å². The van der Waals surface area contributed by atoms with Crippen molar-refractivity contribution in [3.05, 3.63) is 58.6 Å². The number of carbonyl (C=O) groups excluding carboxylic acids is 1. The number of amides is 1. The van der Waals surface area contributed by atoms with E-state index < -0.39 is 23.4 Å². The second-order valence-corrected chi connectivity index (χ2v) is 7.17. The Kier molecular flexibility index (Phi) is 6.26. The minimum absolute atomic E-state index is 0.0644. The third-order valence-electron chi connectivity index (χ3n) is 3.23. The molecule has 0 bridgehead atoms. The number of benzene rings is 2. The van der Waals surface area contributed by atoms with Crippen LogP contribution < -0.4 is 10.1 Å². The summed E-state index contributed by atoms with van der Waals surface area (Å²) in [5, 5.41) is 2.47. The van der Waals surface area contributed by atoms with Crippen molar-refractivity contribution in [1.29, 1.82) is 0 Å². The van der Waals surface area contributed by atoms with E-state index in [4.69, 9.17) is 21.1 Å². The zero-order chi connectivity index (χ0) is 20.2. The Morgan fingerprint density at radius 3 is 2.41 bits per heavy atom. The van der Waals surface area contributed by atoms with Gasteiger partial charge in [0.25, 0.3) is 0 Å². The third kappa shape index (κ3) is 6.67. The number of carbonyl (C=O) groups is 1. The SMILES string of the molecule is CC(C)(C)OC(=O)Nc1cccc(COc2ccc(C(F)(F)F)cc2Cl)c1. The minimum Gasteiger partial charge on any atom is -0.487 e. The van der Waals surface area contributed by atoms with Gasteiger partial charge in [-0.3, -0.25) is 5.32 Å². The van der Waals surface area contributed by atoms with Crippen molar-refractivity contribution in [2.24, 2.45) is 0 Å². The van der Waals surface area contributed by atoms with Crippen LogP contribution in [0.1, 0.15) is 31.9 Å². The molecule has 0 aliphatic carbocycles. The van der Waals surface area contributed by atoms with Gasteiger partial charge in [0, 0.05) is 5.69 Å². The molecule has 1 N–H and O–H groups in total. The Morgan fingerprint density at radius 2 is 1.81 bits per heavy atom. The highest BCUT2D eigenvalue weighted by Crippen LogP contribution is 2.35. The normalized spacial score (nSPS) is 11.8. The summed E-state index contributed by atoms with van der Waals surface area (Å²) in [5.74, 6) is 0.134. The van der Waals surface area contributed by atoms with E-state index in [2.05, 4.69) is 5.32 Å². The average Bonchev–Trinajstić information content (AvgIpc) is 2.51.